The Morgan fingerprint density at radius 2 is 1.90 bits per heavy atom. The minimum absolute atomic E-state index is 0.229. The first-order chi connectivity index (χ1) is 14.4. The molecular formula is C23H22Cl2F2N2O2. The van der Waals surface area contributed by atoms with Gasteiger partial charge in [-0.25, -0.2) is 8.78 Å². The Balaban J connectivity index is 2.37. The number of nitrogens with zero attached hydrogens (tertiary/aromatic N) is 1. The van der Waals surface area contributed by atoms with Crippen molar-refractivity contribution >= 4 is 29.2 Å². The number of hydrogen-bond donors (Lipinski definition) is 2. The predicted molar refractivity (Wildman–Crippen MR) is 115 cm³/mol. The second-order valence-corrected chi connectivity index (χ2v) is 9.90. The molecule has 0 spiro atoms. The average molecular weight is 467 g/mol. The Labute approximate surface area is 189 Å². The SMILES string of the molecule is CC(C)(C)C[C@@H]1N[C@@H](C(=O)O)[C@H](c2cccc(Cl)c2)[C@@]1(C#N)c1cc(F)c(Cl)cc1F. The number of carboxylic acids is 1. The molecule has 8 heteroatoms. The summed E-state index contributed by atoms with van der Waals surface area (Å²) < 4.78 is 29.7. The minimum Gasteiger partial charge on any atom is -0.480 e. The largest absolute Gasteiger partial charge is 0.480 e. The van der Waals surface area contributed by atoms with Gasteiger partial charge in [-0.05, 0) is 41.7 Å². The van der Waals surface area contributed by atoms with E-state index in [2.05, 4.69) is 11.4 Å². The molecule has 0 unspecified atom stereocenters. The van der Waals surface area contributed by atoms with Gasteiger partial charge >= 0.3 is 5.97 Å². The number of nitriles is 1. The van der Waals surface area contributed by atoms with E-state index in [0.717, 1.165) is 12.1 Å². The van der Waals surface area contributed by atoms with Crippen LogP contribution in [0.2, 0.25) is 10.0 Å². The molecule has 0 bridgehead atoms. The summed E-state index contributed by atoms with van der Waals surface area (Å²) in [6.45, 7) is 5.79. The van der Waals surface area contributed by atoms with Crippen molar-refractivity contribution in [3.63, 3.8) is 0 Å². The summed E-state index contributed by atoms with van der Waals surface area (Å²) in [5.41, 5.74) is -1.85. The van der Waals surface area contributed by atoms with Crippen LogP contribution in [0.3, 0.4) is 0 Å². The van der Waals surface area contributed by atoms with Gasteiger partial charge in [0.05, 0.1) is 11.1 Å². The lowest BCUT2D eigenvalue weighted by Crippen LogP contribution is -2.44. The summed E-state index contributed by atoms with van der Waals surface area (Å²) in [4.78, 5) is 12.2. The summed E-state index contributed by atoms with van der Waals surface area (Å²) in [5.74, 6) is -3.98. The highest BCUT2D eigenvalue weighted by Crippen LogP contribution is 2.52. The van der Waals surface area contributed by atoms with E-state index in [1.807, 2.05) is 20.8 Å². The maximum Gasteiger partial charge on any atom is 0.321 e. The van der Waals surface area contributed by atoms with Gasteiger partial charge in [0.25, 0.3) is 0 Å². The van der Waals surface area contributed by atoms with Crippen LogP contribution in [-0.2, 0) is 10.2 Å². The number of carbonyl (C=O) groups is 1. The van der Waals surface area contributed by atoms with Crippen LogP contribution in [0.4, 0.5) is 8.78 Å². The van der Waals surface area contributed by atoms with E-state index in [9.17, 15) is 19.6 Å². The molecule has 4 atom stereocenters. The lowest BCUT2D eigenvalue weighted by Gasteiger charge is -2.37. The highest BCUT2D eigenvalue weighted by molar-refractivity contribution is 6.31. The molecular weight excluding hydrogens is 445 g/mol. The van der Waals surface area contributed by atoms with Crippen LogP contribution >= 0.6 is 23.2 Å². The molecule has 1 aliphatic heterocycles. The number of halogens is 4. The van der Waals surface area contributed by atoms with Gasteiger partial charge in [0.2, 0.25) is 0 Å². The third-order valence-corrected chi connectivity index (χ3v) is 6.21. The molecule has 2 aromatic rings. The van der Waals surface area contributed by atoms with Crippen LogP contribution in [0.5, 0.6) is 0 Å². The smallest absolute Gasteiger partial charge is 0.321 e. The first-order valence-electron chi connectivity index (χ1n) is 9.71. The van der Waals surface area contributed by atoms with Crippen molar-refractivity contribution in [2.45, 2.75) is 50.6 Å². The van der Waals surface area contributed by atoms with Crippen LogP contribution < -0.4 is 5.32 Å². The summed E-state index contributed by atoms with van der Waals surface area (Å²) in [6.07, 6.45) is 0.338. The first kappa shape index (κ1) is 23.5. The molecule has 4 nitrogen and oxygen atoms in total. The average Bonchev–Trinajstić information content (AvgIpc) is 2.98. The molecule has 31 heavy (non-hydrogen) atoms. The van der Waals surface area contributed by atoms with Crippen molar-refractivity contribution in [3.8, 4) is 6.07 Å². The van der Waals surface area contributed by atoms with Crippen LogP contribution in [-0.4, -0.2) is 23.2 Å². The van der Waals surface area contributed by atoms with E-state index >= 15 is 4.39 Å². The molecule has 0 amide bonds. The third-order valence-electron chi connectivity index (χ3n) is 5.69. The van der Waals surface area contributed by atoms with E-state index in [1.54, 1.807) is 24.3 Å². The van der Waals surface area contributed by atoms with E-state index in [0.29, 0.717) is 17.0 Å². The molecule has 2 aromatic carbocycles. The van der Waals surface area contributed by atoms with Crippen LogP contribution in [0.1, 0.15) is 44.2 Å². The normalized spacial score (nSPS) is 25.9. The van der Waals surface area contributed by atoms with Gasteiger partial charge in [0.1, 0.15) is 23.1 Å². The van der Waals surface area contributed by atoms with E-state index in [4.69, 9.17) is 23.2 Å². The van der Waals surface area contributed by atoms with Crippen LogP contribution in [0.25, 0.3) is 0 Å². The maximum atomic E-state index is 15.2. The Morgan fingerprint density at radius 1 is 1.23 bits per heavy atom. The Morgan fingerprint density at radius 3 is 2.45 bits per heavy atom. The standard InChI is InChI=1S/C23H22Cl2F2N2O2/c1-22(2,3)10-18-23(11-28,14-8-17(27)15(25)9-16(14)26)19(20(29-18)21(30)31)12-5-4-6-13(24)7-12/h4-9,18-20,29H,10H2,1-3H3,(H,30,31)/t18-,19-,20+,23-/m0/s1. The topological polar surface area (TPSA) is 73.1 Å². The second kappa shape index (κ2) is 8.38. The molecule has 0 saturated carbocycles. The number of carboxylic acid groups (broad SMARTS) is 1. The first-order valence-corrected chi connectivity index (χ1v) is 10.5. The lowest BCUT2D eigenvalue weighted by molar-refractivity contribution is -0.139. The van der Waals surface area contributed by atoms with Gasteiger partial charge in [-0.3, -0.25) is 10.1 Å². The highest BCUT2D eigenvalue weighted by atomic mass is 35.5. The molecule has 0 aliphatic carbocycles. The highest BCUT2D eigenvalue weighted by Gasteiger charge is 2.60. The fourth-order valence-electron chi connectivity index (χ4n) is 4.53. The molecule has 1 aliphatic rings. The summed E-state index contributed by atoms with van der Waals surface area (Å²) >= 11 is 11.9. The molecule has 164 valence electrons. The molecule has 1 heterocycles. The molecule has 3 rings (SSSR count). The summed E-state index contributed by atoms with van der Waals surface area (Å²) in [5, 5.41) is 23.4. The molecule has 0 aromatic heterocycles. The zero-order valence-corrected chi connectivity index (χ0v) is 18.7. The molecule has 0 radical (unpaired) electrons. The zero-order chi connectivity index (χ0) is 23.1. The van der Waals surface area contributed by atoms with Gasteiger partial charge in [-0.2, -0.15) is 5.26 Å². The summed E-state index contributed by atoms with van der Waals surface area (Å²) in [6, 6.07) is 8.36. The van der Waals surface area contributed by atoms with Gasteiger partial charge in [-0.1, -0.05) is 56.1 Å². The van der Waals surface area contributed by atoms with Crippen molar-refractivity contribution < 1.29 is 18.7 Å². The monoisotopic (exact) mass is 466 g/mol. The van der Waals surface area contributed by atoms with E-state index < -0.39 is 46.0 Å². The Bertz CT molecular complexity index is 1060. The minimum atomic E-state index is -1.73. The van der Waals surface area contributed by atoms with Gasteiger partial charge in [0, 0.05) is 22.5 Å². The Hall–Kier alpha value is -2.20. The third kappa shape index (κ3) is 4.27. The quantitative estimate of drug-likeness (QED) is 0.568. The van der Waals surface area contributed by atoms with Gasteiger partial charge < -0.3 is 5.11 Å². The fourth-order valence-corrected chi connectivity index (χ4v) is 4.88. The number of benzene rings is 2. The number of rotatable bonds is 4. The Kier molecular flexibility index (Phi) is 6.35. The fraction of sp³-hybridized carbons (Fsp3) is 0.391. The van der Waals surface area contributed by atoms with Crippen molar-refractivity contribution in [2.24, 2.45) is 5.41 Å². The lowest BCUT2D eigenvalue weighted by atomic mass is 9.63. The predicted octanol–water partition coefficient (Wildman–Crippen LogP) is 5.68. The van der Waals surface area contributed by atoms with Crippen molar-refractivity contribution in [1.82, 2.24) is 5.32 Å². The van der Waals surface area contributed by atoms with Crippen molar-refractivity contribution in [1.29, 1.82) is 5.26 Å². The maximum absolute atomic E-state index is 15.2. The van der Waals surface area contributed by atoms with Crippen LogP contribution in [0, 0.1) is 28.4 Å². The zero-order valence-electron chi connectivity index (χ0n) is 17.2. The van der Waals surface area contributed by atoms with Crippen molar-refractivity contribution in [3.05, 3.63) is 69.2 Å². The number of hydrogen-bond acceptors (Lipinski definition) is 3. The number of aliphatic carboxylic acids is 1. The van der Waals surface area contributed by atoms with E-state index in [1.165, 1.54) is 0 Å². The van der Waals surface area contributed by atoms with Gasteiger partial charge in [-0.15, -0.1) is 0 Å². The van der Waals surface area contributed by atoms with E-state index in [-0.39, 0.29) is 11.0 Å². The summed E-state index contributed by atoms with van der Waals surface area (Å²) in [7, 11) is 0. The molecule has 2 N–H and O–H groups in total. The van der Waals surface area contributed by atoms with Crippen LogP contribution in [0.15, 0.2) is 36.4 Å². The molecule has 1 fully saturated rings. The second-order valence-electron chi connectivity index (χ2n) is 9.06. The number of nitrogens with one attached hydrogen (secondary N) is 1. The molecule has 1 saturated heterocycles. The van der Waals surface area contributed by atoms with Gasteiger partial charge in [0.15, 0.2) is 0 Å². The van der Waals surface area contributed by atoms with Crippen molar-refractivity contribution in [2.75, 3.05) is 0 Å².